The Balaban J connectivity index is 1.73. The number of likely N-dealkylation sites (tertiary alicyclic amines) is 1. The lowest BCUT2D eigenvalue weighted by molar-refractivity contribution is -0.131. The molecule has 0 aliphatic carbocycles. The SMILES string of the molecule is C/C(=C\C(=O)N1CCCC1C1COCCC1O)c1ccc(F)cc1. The molecule has 0 radical (unpaired) electrons. The summed E-state index contributed by atoms with van der Waals surface area (Å²) in [6.45, 7) is 3.66. The second-order valence-corrected chi connectivity index (χ2v) is 6.67. The number of carbonyl (C=O) groups excluding carboxylic acids is 1. The average Bonchev–Trinajstić information content (AvgIpc) is 3.05. The van der Waals surface area contributed by atoms with Crippen molar-refractivity contribution >= 4 is 11.5 Å². The predicted octanol–water partition coefficient (Wildman–Crippen LogP) is 2.62. The Labute approximate surface area is 141 Å². The van der Waals surface area contributed by atoms with Crippen LogP contribution in [-0.4, -0.2) is 47.8 Å². The summed E-state index contributed by atoms with van der Waals surface area (Å²) >= 11 is 0. The van der Waals surface area contributed by atoms with E-state index in [4.69, 9.17) is 4.74 Å². The molecule has 1 aromatic rings. The third kappa shape index (κ3) is 3.68. The monoisotopic (exact) mass is 333 g/mol. The first-order valence-electron chi connectivity index (χ1n) is 8.57. The van der Waals surface area contributed by atoms with E-state index in [2.05, 4.69) is 0 Å². The van der Waals surface area contributed by atoms with Crippen molar-refractivity contribution in [1.82, 2.24) is 4.90 Å². The third-order valence-electron chi connectivity index (χ3n) is 5.08. The highest BCUT2D eigenvalue weighted by atomic mass is 19.1. The summed E-state index contributed by atoms with van der Waals surface area (Å²) < 4.78 is 18.5. The number of hydrogen-bond donors (Lipinski definition) is 1. The number of nitrogens with zero attached hydrogens (tertiary/aromatic N) is 1. The van der Waals surface area contributed by atoms with E-state index < -0.39 is 6.10 Å². The second kappa shape index (κ2) is 7.45. The Kier molecular flexibility index (Phi) is 5.31. The normalized spacial score (nSPS) is 28.2. The van der Waals surface area contributed by atoms with Crippen LogP contribution in [0.5, 0.6) is 0 Å². The van der Waals surface area contributed by atoms with Crippen molar-refractivity contribution in [1.29, 1.82) is 0 Å². The van der Waals surface area contributed by atoms with Gasteiger partial charge in [0.05, 0.1) is 12.7 Å². The molecule has 1 aromatic carbocycles. The Morgan fingerprint density at radius 2 is 2.08 bits per heavy atom. The van der Waals surface area contributed by atoms with Crippen LogP contribution in [0, 0.1) is 11.7 Å². The fourth-order valence-electron chi connectivity index (χ4n) is 3.69. The Bertz CT molecular complexity index is 614. The molecule has 0 bridgehead atoms. The van der Waals surface area contributed by atoms with Crippen molar-refractivity contribution in [3.63, 3.8) is 0 Å². The van der Waals surface area contributed by atoms with E-state index in [-0.39, 0.29) is 23.7 Å². The molecule has 130 valence electrons. The first-order valence-corrected chi connectivity index (χ1v) is 8.57. The first kappa shape index (κ1) is 17.1. The van der Waals surface area contributed by atoms with Crippen molar-refractivity contribution in [3.05, 3.63) is 41.7 Å². The minimum Gasteiger partial charge on any atom is -0.393 e. The fourth-order valence-corrected chi connectivity index (χ4v) is 3.69. The minimum atomic E-state index is -0.403. The Morgan fingerprint density at radius 1 is 1.33 bits per heavy atom. The van der Waals surface area contributed by atoms with Gasteiger partial charge in [0, 0.05) is 31.2 Å². The van der Waals surface area contributed by atoms with Crippen LogP contribution < -0.4 is 0 Å². The van der Waals surface area contributed by atoms with E-state index in [1.807, 2.05) is 11.8 Å². The number of aliphatic hydroxyl groups excluding tert-OH is 1. The summed E-state index contributed by atoms with van der Waals surface area (Å²) in [5.74, 6) is -0.342. The van der Waals surface area contributed by atoms with Gasteiger partial charge in [0.25, 0.3) is 0 Å². The lowest BCUT2D eigenvalue weighted by Gasteiger charge is -2.36. The molecular weight excluding hydrogens is 309 g/mol. The molecule has 0 aromatic heterocycles. The zero-order valence-corrected chi connectivity index (χ0v) is 14.0. The third-order valence-corrected chi connectivity index (χ3v) is 5.08. The quantitative estimate of drug-likeness (QED) is 0.865. The molecule has 0 saturated carbocycles. The molecule has 3 rings (SSSR count). The summed E-state index contributed by atoms with van der Waals surface area (Å²) in [5, 5.41) is 10.2. The van der Waals surface area contributed by atoms with Crippen LogP contribution >= 0.6 is 0 Å². The second-order valence-electron chi connectivity index (χ2n) is 6.67. The maximum atomic E-state index is 13.0. The van der Waals surface area contributed by atoms with Gasteiger partial charge in [0.15, 0.2) is 0 Å². The van der Waals surface area contributed by atoms with Crippen LogP contribution in [0.1, 0.15) is 31.7 Å². The maximum absolute atomic E-state index is 13.0. The van der Waals surface area contributed by atoms with Crippen molar-refractivity contribution in [2.24, 2.45) is 5.92 Å². The van der Waals surface area contributed by atoms with Crippen LogP contribution in [0.3, 0.4) is 0 Å². The van der Waals surface area contributed by atoms with Crippen LogP contribution in [-0.2, 0) is 9.53 Å². The largest absolute Gasteiger partial charge is 0.393 e. The summed E-state index contributed by atoms with van der Waals surface area (Å²) in [4.78, 5) is 14.6. The van der Waals surface area contributed by atoms with Gasteiger partial charge in [-0.25, -0.2) is 4.39 Å². The van der Waals surface area contributed by atoms with Gasteiger partial charge >= 0.3 is 0 Å². The molecule has 3 atom stereocenters. The number of carbonyl (C=O) groups is 1. The summed E-state index contributed by atoms with van der Waals surface area (Å²) in [6, 6.07) is 6.17. The summed E-state index contributed by atoms with van der Waals surface area (Å²) in [6.07, 6.45) is 3.69. The number of halogens is 1. The van der Waals surface area contributed by atoms with Gasteiger partial charge in [-0.3, -0.25) is 4.79 Å². The number of amides is 1. The highest BCUT2D eigenvalue weighted by molar-refractivity contribution is 5.95. The number of hydrogen-bond acceptors (Lipinski definition) is 3. The van der Waals surface area contributed by atoms with E-state index in [0.29, 0.717) is 26.2 Å². The number of ether oxygens (including phenoxy) is 1. The van der Waals surface area contributed by atoms with E-state index in [1.165, 1.54) is 12.1 Å². The van der Waals surface area contributed by atoms with Gasteiger partial charge in [-0.2, -0.15) is 0 Å². The molecule has 3 unspecified atom stereocenters. The van der Waals surface area contributed by atoms with Crippen molar-refractivity contribution in [2.45, 2.75) is 38.3 Å². The highest BCUT2D eigenvalue weighted by Crippen LogP contribution is 2.30. The predicted molar refractivity (Wildman–Crippen MR) is 89.7 cm³/mol. The van der Waals surface area contributed by atoms with Crippen molar-refractivity contribution in [3.8, 4) is 0 Å². The fraction of sp³-hybridized carbons (Fsp3) is 0.526. The standard InChI is InChI=1S/C19H24FNO3/c1-13(14-4-6-15(20)7-5-14)11-19(23)21-9-2-3-17(21)16-12-24-10-8-18(16)22/h4-7,11,16-18,22H,2-3,8-10,12H2,1H3/b13-11+. The minimum absolute atomic E-state index is 0.00951. The van der Waals surface area contributed by atoms with Gasteiger partial charge in [-0.15, -0.1) is 0 Å². The molecule has 1 amide bonds. The number of aliphatic hydroxyl groups is 1. The molecule has 2 heterocycles. The molecule has 0 spiro atoms. The molecule has 1 N–H and O–H groups in total. The molecule has 24 heavy (non-hydrogen) atoms. The van der Waals surface area contributed by atoms with Crippen molar-refractivity contribution in [2.75, 3.05) is 19.8 Å². The van der Waals surface area contributed by atoms with Gasteiger partial charge < -0.3 is 14.7 Å². The maximum Gasteiger partial charge on any atom is 0.247 e. The lowest BCUT2D eigenvalue weighted by atomic mass is 9.89. The van der Waals surface area contributed by atoms with E-state index in [0.717, 1.165) is 24.0 Å². The molecule has 4 nitrogen and oxygen atoms in total. The molecular formula is C19H24FNO3. The molecule has 2 aliphatic heterocycles. The van der Waals surface area contributed by atoms with Crippen LogP contribution in [0.4, 0.5) is 4.39 Å². The number of rotatable bonds is 3. The van der Waals surface area contributed by atoms with Gasteiger partial charge in [0.2, 0.25) is 5.91 Å². The zero-order chi connectivity index (χ0) is 17.1. The van der Waals surface area contributed by atoms with Gasteiger partial charge in [-0.1, -0.05) is 12.1 Å². The van der Waals surface area contributed by atoms with Crippen LogP contribution in [0.2, 0.25) is 0 Å². The molecule has 5 heteroatoms. The van der Waals surface area contributed by atoms with E-state index >= 15 is 0 Å². The Hall–Kier alpha value is -1.72. The Morgan fingerprint density at radius 3 is 2.79 bits per heavy atom. The first-order chi connectivity index (χ1) is 11.6. The smallest absolute Gasteiger partial charge is 0.247 e. The molecule has 2 aliphatic rings. The summed E-state index contributed by atoms with van der Waals surface area (Å²) in [5.41, 5.74) is 1.65. The van der Waals surface area contributed by atoms with E-state index in [9.17, 15) is 14.3 Å². The molecule has 2 fully saturated rings. The van der Waals surface area contributed by atoms with Crippen LogP contribution in [0.25, 0.3) is 5.57 Å². The lowest BCUT2D eigenvalue weighted by Crippen LogP contribution is -2.47. The number of benzene rings is 1. The van der Waals surface area contributed by atoms with Crippen LogP contribution in [0.15, 0.2) is 30.3 Å². The van der Waals surface area contributed by atoms with Gasteiger partial charge in [-0.05, 0) is 49.5 Å². The number of allylic oxidation sites excluding steroid dienone is 1. The highest BCUT2D eigenvalue weighted by Gasteiger charge is 2.39. The van der Waals surface area contributed by atoms with E-state index in [1.54, 1.807) is 18.2 Å². The molecule has 2 saturated heterocycles. The topological polar surface area (TPSA) is 49.8 Å². The zero-order valence-electron chi connectivity index (χ0n) is 14.0. The summed E-state index contributed by atoms with van der Waals surface area (Å²) in [7, 11) is 0. The van der Waals surface area contributed by atoms with Crippen molar-refractivity contribution < 1.29 is 19.0 Å². The average molecular weight is 333 g/mol. The van der Waals surface area contributed by atoms with Gasteiger partial charge in [0.1, 0.15) is 5.82 Å².